The van der Waals surface area contributed by atoms with Crippen molar-refractivity contribution in [2.24, 2.45) is 0 Å². The van der Waals surface area contributed by atoms with Crippen molar-refractivity contribution >= 4 is 23.5 Å². The second kappa shape index (κ2) is 4.47. The lowest BCUT2D eigenvalue weighted by Crippen LogP contribution is -2.17. The molecule has 0 N–H and O–H groups in total. The molecule has 1 unspecified atom stereocenters. The molecule has 54 valence electrons. The molecule has 1 aliphatic heterocycles. The minimum atomic E-state index is 0.480. The molecule has 9 heavy (non-hydrogen) atoms. The summed E-state index contributed by atoms with van der Waals surface area (Å²) >= 11 is 3.94. The molecule has 0 aliphatic carbocycles. The van der Waals surface area contributed by atoms with E-state index in [-0.39, 0.29) is 0 Å². The van der Waals surface area contributed by atoms with E-state index in [2.05, 4.69) is 6.92 Å². The number of ether oxygens (including phenoxy) is 1. The van der Waals surface area contributed by atoms with Crippen LogP contribution in [0.4, 0.5) is 0 Å². The van der Waals surface area contributed by atoms with Crippen LogP contribution in [-0.2, 0) is 4.74 Å². The summed E-state index contributed by atoms with van der Waals surface area (Å²) in [7, 11) is 0. The zero-order valence-electron chi connectivity index (χ0n) is 5.63. The summed E-state index contributed by atoms with van der Waals surface area (Å²) in [6.07, 6.45) is 0. The Morgan fingerprint density at radius 2 is 2.44 bits per heavy atom. The molecule has 0 aromatic rings. The smallest absolute Gasteiger partial charge is 0.112 e. The van der Waals surface area contributed by atoms with Crippen molar-refractivity contribution in [3.05, 3.63) is 0 Å². The number of hydrogen-bond acceptors (Lipinski definition) is 3. The van der Waals surface area contributed by atoms with E-state index < -0.39 is 0 Å². The second-order valence-corrected chi connectivity index (χ2v) is 4.25. The van der Waals surface area contributed by atoms with Gasteiger partial charge < -0.3 is 4.74 Å². The van der Waals surface area contributed by atoms with E-state index in [0.717, 1.165) is 6.61 Å². The van der Waals surface area contributed by atoms with Crippen molar-refractivity contribution in [3.63, 3.8) is 0 Å². The standard InChI is InChI=1S/C6H12OS2/c1-2-7-6-5-8-3-4-9-6/h6H,2-5H2,1H3. The Hall–Kier alpha value is 0.660. The van der Waals surface area contributed by atoms with Crippen LogP contribution in [0.1, 0.15) is 6.92 Å². The van der Waals surface area contributed by atoms with Gasteiger partial charge >= 0.3 is 0 Å². The van der Waals surface area contributed by atoms with Crippen molar-refractivity contribution in [1.29, 1.82) is 0 Å². The highest BCUT2D eigenvalue weighted by Crippen LogP contribution is 2.24. The predicted molar refractivity (Wildman–Crippen MR) is 45.2 cm³/mol. The molecule has 1 fully saturated rings. The van der Waals surface area contributed by atoms with Crippen LogP contribution in [0.25, 0.3) is 0 Å². The zero-order chi connectivity index (χ0) is 6.53. The molecule has 0 aromatic carbocycles. The summed E-state index contributed by atoms with van der Waals surface area (Å²) in [5.74, 6) is 3.74. The van der Waals surface area contributed by atoms with Gasteiger partial charge in [0.1, 0.15) is 5.44 Å². The lowest BCUT2D eigenvalue weighted by molar-refractivity contribution is 0.140. The van der Waals surface area contributed by atoms with E-state index in [0.29, 0.717) is 5.44 Å². The second-order valence-electron chi connectivity index (χ2n) is 1.83. The molecule has 0 aromatic heterocycles. The van der Waals surface area contributed by atoms with Crippen LogP contribution in [0.2, 0.25) is 0 Å². The van der Waals surface area contributed by atoms with E-state index in [1.165, 1.54) is 17.3 Å². The normalized spacial score (nSPS) is 28.3. The molecular weight excluding hydrogens is 152 g/mol. The van der Waals surface area contributed by atoms with Gasteiger partial charge in [0.2, 0.25) is 0 Å². The first-order chi connectivity index (χ1) is 4.43. The van der Waals surface area contributed by atoms with Gasteiger partial charge in [-0.2, -0.15) is 11.8 Å². The highest BCUT2D eigenvalue weighted by Gasteiger charge is 2.12. The third-order valence-corrected chi connectivity index (χ3v) is 3.75. The van der Waals surface area contributed by atoms with E-state index in [9.17, 15) is 0 Å². The van der Waals surface area contributed by atoms with E-state index in [4.69, 9.17) is 4.74 Å². The molecule has 0 radical (unpaired) electrons. The molecular formula is C6H12OS2. The molecule has 1 saturated heterocycles. The minimum Gasteiger partial charge on any atom is -0.367 e. The Kier molecular flexibility index (Phi) is 3.86. The highest BCUT2D eigenvalue weighted by molar-refractivity contribution is 8.06. The highest BCUT2D eigenvalue weighted by atomic mass is 32.2. The number of rotatable bonds is 2. The molecule has 0 bridgehead atoms. The fourth-order valence-corrected chi connectivity index (χ4v) is 3.23. The number of hydrogen-bond donors (Lipinski definition) is 0. The van der Waals surface area contributed by atoms with Crippen molar-refractivity contribution < 1.29 is 4.74 Å². The Morgan fingerprint density at radius 3 is 3.00 bits per heavy atom. The van der Waals surface area contributed by atoms with E-state index >= 15 is 0 Å². The third-order valence-electron chi connectivity index (χ3n) is 1.14. The third kappa shape index (κ3) is 2.83. The average Bonchev–Trinajstić information content (AvgIpc) is 1.91. The van der Waals surface area contributed by atoms with E-state index in [1.54, 1.807) is 0 Å². The summed E-state index contributed by atoms with van der Waals surface area (Å²) in [5.41, 5.74) is 0.480. The Bertz CT molecular complexity index is 68.7. The van der Waals surface area contributed by atoms with Gasteiger partial charge in [0.15, 0.2) is 0 Å². The molecule has 0 saturated carbocycles. The average molecular weight is 164 g/mol. The van der Waals surface area contributed by atoms with Crippen molar-refractivity contribution in [2.45, 2.75) is 12.4 Å². The van der Waals surface area contributed by atoms with Crippen LogP contribution in [0.5, 0.6) is 0 Å². The monoisotopic (exact) mass is 164 g/mol. The summed E-state index contributed by atoms with van der Waals surface area (Å²) in [4.78, 5) is 0. The zero-order valence-corrected chi connectivity index (χ0v) is 7.26. The van der Waals surface area contributed by atoms with Crippen molar-refractivity contribution in [3.8, 4) is 0 Å². The summed E-state index contributed by atoms with van der Waals surface area (Å²) < 4.78 is 5.42. The molecule has 1 heterocycles. The van der Waals surface area contributed by atoms with Crippen LogP contribution in [0, 0.1) is 0 Å². The first-order valence-corrected chi connectivity index (χ1v) is 5.44. The van der Waals surface area contributed by atoms with Crippen LogP contribution in [0.3, 0.4) is 0 Å². The molecule has 3 heteroatoms. The van der Waals surface area contributed by atoms with Gasteiger partial charge in [-0.15, -0.1) is 11.8 Å². The lowest BCUT2D eigenvalue weighted by Gasteiger charge is -2.20. The van der Waals surface area contributed by atoms with Crippen molar-refractivity contribution in [2.75, 3.05) is 23.9 Å². The van der Waals surface area contributed by atoms with Gasteiger partial charge in [-0.3, -0.25) is 0 Å². The largest absolute Gasteiger partial charge is 0.367 e. The molecule has 1 aliphatic rings. The summed E-state index contributed by atoms with van der Waals surface area (Å²) in [5, 5.41) is 0. The molecule has 1 atom stereocenters. The van der Waals surface area contributed by atoms with Crippen LogP contribution in [0.15, 0.2) is 0 Å². The van der Waals surface area contributed by atoms with E-state index in [1.807, 2.05) is 23.5 Å². The SMILES string of the molecule is CCOC1CSCCS1. The topological polar surface area (TPSA) is 9.23 Å². The molecule has 0 spiro atoms. The fraction of sp³-hybridized carbons (Fsp3) is 1.00. The first-order valence-electron chi connectivity index (χ1n) is 3.24. The maximum atomic E-state index is 5.42. The number of thioether (sulfide) groups is 2. The van der Waals surface area contributed by atoms with Gasteiger partial charge in [0.25, 0.3) is 0 Å². The van der Waals surface area contributed by atoms with Gasteiger partial charge in [-0.1, -0.05) is 0 Å². The van der Waals surface area contributed by atoms with Crippen molar-refractivity contribution in [1.82, 2.24) is 0 Å². The molecule has 0 amide bonds. The maximum absolute atomic E-state index is 5.42. The predicted octanol–water partition coefficient (Wildman–Crippen LogP) is 1.83. The van der Waals surface area contributed by atoms with Crippen LogP contribution < -0.4 is 0 Å². The van der Waals surface area contributed by atoms with Gasteiger partial charge in [0, 0.05) is 23.9 Å². The Labute approximate surface area is 64.9 Å². The maximum Gasteiger partial charge on any atom is 0.112 e. The molecule has 1 rings (SSSR count). The van der Waals surface area contributed by atoms with Gasteiger partial charge in [-0.05, 0) is 6.92 Å². The first kappa shape index (κ1) is 7.76. The quantitative estimate of drug-likeness (QED) is 0.616. The summed E-state index contributed by atoms with van der Waals surface area (Å²) in [6, 6.07) is 0. The Balaban J connectivity index is 2.08. The van der Waals surface area contributed by atoms with Crippen LogP contribution in [-0.4, -0.2) is 29.3 Å². The Morgan fingerprint density at radius 1 is 1.56 bits per heavy atom. The van der Waals surface area contributed by atoms with Crippen LogP contribution >= 0.6 is 23.5 Å². The van der Waals surface area contributed by atoms with Gasteiger partial charge in [0.05, 0.1) is 0 Å². The summed E-state index contributed by atoms with van der Waals surface area (Å²) in [6.45, 7) is 2.91. The minimum absolute atomic E-state index is 0.480. The lowest BCUT2D eigenvalue weighted by atomic mass is 10.8. The van der Waals surface area contributed by atoms with Gasteiger partial charge in [-0.25, -0.2) is 0 Å². The fourth-order valence-electron chi connectivity index (χ4n) is 0.748. The molecule has 1 nitrogen and oxygen atoms in total.